The average molecular weight is 577 g/mol. The molecule has 10 heteroatoms. The minimum atomic E-state index is -0.204. The molecular weight excluding hydrogens is 544 g/mol. The van der Waals surface area contributed by atoms with Gasteiger partial charge in [0.25, 0.3) is 5.91 Å². The van der Waals surface area contributed by atoms with Gasteiger partial charge in [-0.1, -0.05) is 11.6 Å². The number of rotatable bonds is 9. The lowest BCUT2D eigenvalue weighted by atomic mass is 10.1. The summed E-state index contributed by atoms with van der Waals surface area (Å²) in [5, 5.41) is 11.2. The molecule has 1 fully saturated rings. The number of hydrogen-bond acceptors (Lipinski definition) is 7. The van der Waals surface area contributed by atoms with E-state index in [0.29, 0.717) is 34.7 Å². The van der Waals surface area contributed by atoms with Gasteiger partial charge in [-0.3, -0.25) is 9.78 Å². The summed E-state index contributed by atoms with van der Waals surface area (Å²) in [5.41, 5.74) is 5.01. The molecule has 0 radical (unpaired) electrons. The minimum Gasteiger partial charge on any atom is -0.457 e. The molecule has 0 saturated carbocycles. The lowest BCUT2D eigenvalue weighted by Gasteiger charge is -2.14. The van der Waals surface area contributed by atoms with Crippen LogP contribution >= 0.6 is 22.9 Å². The van der Waals surface area contributed by atoms with Crippen molar-refractivity contribution in [3.05, 3.63) is 82.3 Å². The number of ether oxygens (including phenoxy) is 1. The first-order valence-corrected chi connectivity index (χ1v) is 14.6. The van der Waals surface area contributed by atoms with Gasteiger partial charge in [-0.15, -0.1) is 0 Å². The van der Waals surface area contributed by atoms with Crippen molar-refractivity contribution in [2.24, 2.45) is 7.05 Å². The van der Waals surface area contributed by atoms with Crippen molar-refractivity contribution in [1.82, 2.24) is 24.8 Å². The molecule has 2 N–H and O–H groups in total. The van der Waals surface area contributed by atoms with E-state index < -0.39 is 0 Å². The Morgan fingerprint density at radius 3 is 2.77 bits per heavy atom. The Morgan fingerprint density at radius 1 is 1.10 bits per heavy atom. The third kappa shape index (κ3) is 5.82. The number of anilines is 2. The van der Waals surface area contributed by atoms with Crippen LogP contribution < -0.4 is 15.4 Å². The first kappa shape index (κ1) is 26.3. The van der Waals surface area contributed by atoms with Gasteiger partial charge in [-0.2, -0.15) is 11.3 Å². The fourth-order valence-corrected chi connectivity index (χ4v) is 5.77. The number of fused-ring (bicyclic) bond motifs is 1. The van der Waals surface area contributed by atoms with Crippen molar-refractivity contribution < 1.29 is 12.4 Å². The molecule has 0 unspecified atom stereocenters. The number of thiophene rings is 1. The lowest BCUT2D eigenvalue weighted by molar-refractivity contribution is 0.0944. The van der Waals surface area contributed by atoms with Crippen LogP contribution in [-0.4, -0.2) is 51.5 Å². The van der Waals surface area contributed by atoms with Crippen molar-refractivity contribution >= 4 is 51.5 Å². The molecule has 1 saturated heterocycles. The van der Waals surface area contributed by atoms with Crippen molar-refractivity contribution in [3.63, 3.8) is 0 Å². The number of amides is 1. The average Bonchev–Trinajstić information content (AvgIpc) is 3.73. The maximum absolute atomic E-state index is 12.6. The first-order chi connectivity index (χ1) is 19.5. The number of imidazole rings is 1. The zero-order valence-corrected chi connectivity index (χ0v) is 23.6. The highest BCUT2D eigenvalue weighted by Gasteiger charge is 2.14. The van der Waals surface area contributed by atoms with Crippen molar-refractivity contribution in [1.29, 1.82) is 0 Å². The van der Waals surface area contributed by atoms with Gasteiger partial charge in [0.05, 0.1) is 11.0 Å². The summed E-state index contributed by atoms with van der Waals surface area (Å²) in [7, 11) is 1.96. The zero-order chi connectivity index (χ0) is 27.5. The SMILES string of the molecule is Cn1c(Nc2ccc(Cl)c(-c3ccsc3)c2)nc2cc(Oc3ccnc(C(=O)NCCN4CCCC4)c3)ccc21.[HH].[HH]. The number of nitrogens with zero attached hydrogens (tertiary/aromatic N) is 4. The number of benzene rings is 2. The number of carbonyl (C=O) groups excluding carboxylic acids is 1. The van der Waals surface area contributed by atoms with Gasteiger partial charge >= 0.3 is 0 Å². The van der Waals surface area contributed by atoms with Crippen LogP contribution in [0, 0.1) is 0 Å². The molecule has 0 atom stereocenters. The maximum Gasteiger partial charge on any atom is 0.270 e. The molecule has 1 aliphatic heterocycles. The van der Waals surface area contributed by atoms with Gasteiger partial charge in [0.2, 0.25) is 5.95 Å². The highest BCUT2D eigenvalue weighted by molar-refractivity contribution is 7.08. The van der Waals surface area contributed by atoms with Crippen LogP contribution in [0.3, 0.4) is 0 Å². The van der Waals surface area contributed by atoms with Gasteiger partial charge in [0.15, 0.2) is 0 Å². The van der Waals surface area contributed by atoms with Gasteiger partial charge in [0.1, 0.15) is 17.2 Å². The predicted octanol–water partition coefficient (Wildman–Crippen LogP) is 7.20. The van der Waals surface area contributed by atoms with E-state index in [1.165, 1.54) is 12.8 Å². The van der Waals surface area contributed by atoms with Gasteiger partial charge in [-0.05, 0) is 84.7 Å². The Labute approximate surface area is 244 Å². The summed E-state index contributed by atoms with van der Waals surface area (Å²) in [5.74, 6) is 1.65. The van der Waals surface area contributed by atoms with E-state index in [1.54, 1.807) is 29.7 Å². The number of likely N-dealkylation sites (tertiary alicyclic amines) is 1. The van der Waals surface area contributed by atoms with E-state index in [4.69, 9.17) is 21.3 Å². The first-order valence-electron chi connectivity index (χ1n) is 13.2. The molecule has 2 aromatic carbocycles. The molecule has 208 valence electrons. The van der Waals surface area contributed by atoms with E-state index in [0.717, 1.165) is 47.5 Å². The van der Waals surface area contributed by atoms with E-state index in [-0.39, 0.29) is 8.76 Å². The normalized spacial score (nSPS) is 13.6. The van der Waals surface area contributed by atoms with Gasteiger partial charge in [-0.25, -0.2) is 4.98 Å². The summed E-state index contributed by atoms with van der Waals surface area (Å²) < 4.78 is 8.08. The molecule has 1 amide bonds. The highest BCUT2D eigenvalue weighted by Crippen LogP contribution is 2.34. The Kier molecular flexibility index (Phi) is 7.68. The molecule has 4 heterocycles. The Hall–Kier alpha value is -3.92. The second-order valence-corrected chi connectivity index (χ2v) is 10.9. The quantitative estimate of drug-likeness (QED) is 0.193. The standard InChI is InChI=1S/C30H29ClN6O2S.2H2/c1-36-28-7-5-22(39-23-8-10-32-27(18-23)29(38)33-11-14-37-12-2-3-13-37)17-26(28)35-30(36)34-21-4-6-25(31)24(16-21)20-9-15-40-19-20;;/h4-10,15-19H,2-3,11-14H2,1H3,(H,33,38)(H,34,35);2*1H. The summed E-state index contributed by atoms with van der Waals surface area (Å²) in [6.07, 6.45) is 4.05. The molecule has 0 aliphatic carbocycles. The smallest absolute Gasteiger partial charge is 0.270 e. The molecule has 0 spiro atoms. The van der Waals surface area contributed by atoms with Crippen LogP contribution in [-0.2, 0) is 7.05 Å². The summed E-state index contributed by atoms with van der Waals surface area (Å²) >= 11 is 8.10. The monoisotopic (exact) mass is 576 g/mol. The number of pyridine rings is 1. The van der Waals surface area contributed by atoms with Crippen molar-refractivity contribution in [2.75, 3.05) is 31.5 Å². The number of carbonyl (C=O) groups is 1. The number of halogens is 1. The van der Waals surface area contributed by atoms with Crippen LogP contribution in [0.25, 0.3) is 22.2 Å². The highest BCUT2D eigenvalue weighted by atomic mass is 35.5. The number of nitrogens with one attached hydrogen (secondary N) is 2. The lowest BCUT2D eigenvalue weighted by Crippen LogP contribution is -2.33. The molecule has 5 aromatic rings. The van der Waals surface area contributed by atoms with Crippen LogP contribution in [0.4, 0.5) is 11.6 Å². The maximum atomic E-state index is 12.6. The topological polar surface area (TPSA) is 84.3 Å². The molecule has 40 heavy (non-hydrogen) atoms. The van der Waals surface area contributed by atoms with Crippen LogP contribution in [0.2, 0.25) is 5.02 Å². The van der Waals surface area contributed by atoms with Crippen LogP contribution in [0.1, 0.15) is 26.2 Å². The molecule has 1 aliphatic rings. The van der Waals surface area contributed by atoms with E-state index in [2.05, 4.69) is 32.0 Å². The summed E-state index contributed by atoms with van der Waals surface area (Å²) in [4.78, 5) is 24.0. The molecule has 6 rings (SSSR count). The Bertz CT molecular complexity index is 1660. The second kappa shape index (κ2) is 11.7. The molecular formula is C30H33ClN6O2S. The van der Waals surface area contributed by atoms with Crippen molar-refractivity contribution in [2.45, 2.75) is 12.8 Å². The van der Waals surface area contributed by atoms with E-state index >= 15 is 0 Å². The van der Waals surface area contributed by atoms with E-state index in [9.17, 15) is 4.79 Å². The summed E-state index contributed by atoms with van der Waals surface area (Å²) in [6.45, 7) is 3.67. The molecule has 0 bridgehead atoms. The zero-order valence-electron chi connectivity index (χ0n) is 22.1. The predicted molar refractivity (Wildman–Crippen MR) is 165 cm³/mol. The third-order valence-electron chi connectivity index (χ3n) is 7.02. The summed E-state index contributed by atoms with van der Waals surface area (Å²) in [6, 6.07) is 17.1. The van der Waals surface area contributed by atoms with Crippen LogP contribution in [0.5, 0.6) is 11.5 Å². The van der Waals surface area contributed by atoms with Crippen molar-refractivity contribution in [3.8, 4) is 22.6 Å². The largest absolute Gasteiger partial charge is 0.457 e. The number of hydrogen-bond donors (Lipinski definition) is 2. The number of aromatic nitrogens is 3. The fraction of sp³-hybridized carbons (Fsp3) is 0.233. The fourth-order valence-electron chi connectivity index (χ4n) is 4.89. The molecule has 8 nitrogen and oxygen atoms in total. The minimum absolute atomic E-state index is 0. The van der Waals surface area contributed by atoms with Gasteiger partial charge < -0.3 is 24.8 Å². The Balaban J connectivity index is 0.00000202. The molecule has 3 aromatic heterocycles. The second-order valence-electron chi connectivity index (χ2n) is 9.76. The van der Waals surface area contributed by atoms with Gasteiger partial charge in [0, 0.05) is 57.6 Å². The van der Waals surface area contributed by atoms with E-state index in [1.807, 2.05) is 53.4 Å². The Morgan fingerprint density at radius 2 is 1.95 bits per heavy atom. The number of aryl methyl sites for hydroxylation is 1. The third-order valence-corrected chi connectivity index (χ3v) is 8.03. The van der Waals surface area contributed by atoms with Crippen LogP contribution in [0.15, 0.2) is 71.6 Å².